The Bertz CT molecular complexity index is 1570. The van der Waals surface area contributed by atoms with Crippen LogP contribution >= 0.6 is 0 Å². The number of benzene rings is 2. The van der Waals surface area contributed by atoms with Gasteiger partial charge in [0.05, 0.1) is 48.5 Å². The summed E-state index contributed by atoms with van der Waals surface area (Å²) < 4.78 is 33.8. The van der Waals surface area contributed by atoms with E-state index in [1.165, 1.54) is 6.07 Å². The van der Waals surface area contributed by atoms with Crippen LogP contribution in [-0.2, 0) is 17.9 Å². The van der Waals surface area contributed by atoms with Crippen molar-refractivity contribution in [1.82, 2.24) is 19.4 Å². The Morgan fingerprint density at radius 1 is 1.10 bits per heavy atom. The fourth-order valence-corrected chi connectivity index (χ4v) is 5.45. The van der Waals surface area contributed by atoms with Crippen LogP contribution in [0.4, 0.5) is 10.2 Å². The number of hydrogen-bond donors (Lipinski definition) is 0. The third-order valence-electron chi connectivity index (χ3n) is 7.98. The zero-order valence-corrected chi connectivity index (χ0v) is 23.3. The van der Waals surface area contributed by atoms with Crippen molar-refractivity contribution in [1.29, 1.82) is 5.26 Å². The van der Waals surface area contributed by atoms with E-state index in [0.29, 0.717) is 17.2 Å². The number of halogens is 1. The van der Waals surface area contributed by atoms with E-state index >= 15 is 0 Å². The van der Waals surface area contributed by atoms with Crippen LogP contribution in [0.2, 0.25) is 0 Å². The fraction of sp³-hybridized carbons (Fsp3) is 0.387. The maximum absolute atomic E-state index is 14.3. The van der Waals surface area contributed by atoms with Crippen molar-refractivity contribution in [3.63, 3.8) is 0 Å². The molecule has 0 bridgehead atoms. The molecule has 4 aromatic rings. The highest BCUT2D eigenvalue weighted by Gasteiger charge is 2.29. The van der Waals surface area contributed by atoms with Gasteiger partial charge in [-0.15, -0.1) is 0 Å². The summed E-state index contributed by atoms with van der Waals surface area (Å²) in [6.45, 7) is 7.12. The van der Waals surface area contributed by atoms with Gasteiger partial charge in [0.15, 0.2) is 0 Å². The van der Waals surface area contributed by atoms with Crippen LogP contribution < -0.4 is 14.4 Å². The molecule has 212 valence electrons. The second kappa shape index (κ2) is 11.7. The Morgan fingerprint density at radius 3 is 2.61 bits per heavy atom. The van der Waals surface area contributed by atoms with Crippen molar-refractivity contribution >= 4 is 16.9 Å². The van der Waals surface area contributed by atoms with E-state index in [-0.39, 0.29) is 24.3 Å². The molecule has 4 heterocycles. The molecule has 0 aliphatic carbocycles. The van der Waals surface area contributed by atoms with E-state index in [2.05, 4.69) is 39.5 Å². The van der Waals surface area contributed by atoms with Gasteiger partial charge in [0.2, 0.25) is 5.88 Å². The van der Waals surface area contributed by atoms with Gasteiger partial charge in [0.1, 0.15) is 29.8 Å². The van der Waals surface area contributed by atoms with Crippen LogP contribution in [0.1, 0.15) is 36.3 Å². The highest BCUT2D eigenvalue weighted by molar-refractivity contribution is 5.76. The number of nitrogens with zero attached hydrogens (tertiary/aromatic N) is 6. The average molecular weight is 557 g/mol. The van der Waals surface area contributed by atoms with Crippen molar-refractivity contribution in [2.75, 3.05) is 44.8 Å². The van der Waals surface area contributed by atoms with Gasteiger partial charge in [-0.3, -0.25) is 4.90 Å². The summed E-state index contributed by atoms with van der Waals surface area (Å²) in [6, 6.07) is 18.3. The number of ether oxygens (including phenoxy) is 3. The molecule has 2 aromatic carbocycles. The number of piperazine rings is 1. The molecule has 2 saturated heterocycles. The van der Waals surface area contributed by atoms with Gasteiger partial charge in [-0.2, -0.15) is 10.2 Å². The summed E-state index contributed by atoms with van der Waals surface area (Å²) in [5, 5.41) is 8.97. The van der Waals surface area contributed by atoms with Gasteiger partial charge in [0.25, 0.3) is 0 Å². The summed E-state index contributed by atoms with van der Waals surface area (Å²) in [6.07, 6.45) is 1.33. The van der Waals surface area contributed by atoms with E-state index in [9.17, 15) is 4.39 Å². The normalized spacial score (nSPS) is 18.1. The number of fused-ring (bicyclic) bond motifs is 1. The van der Waals surface area contributed by atoms with Crippen molar-refractivity contribution in [2.45, 2.75) is 38.6 Å². The molecule has 2 aliphatic heterocycles. The largest absolute Gasteiger partial charge is 0.496 e. The van der Waals surface area contributed by atoms with E-state index in [0.717, 1.165) is 68.4 Å². The minimum atomic E-state index is -0.480. The Kier molecular flexibility index (Phi) is 7.72. The lowest BCUT2D eigenvalue weighted by molar-refractivity contribution is -0.0594. The van der Waals surface area contributed by atoms with Crippen LogP contribution in [0.3, 0.4) is 0 Å². The lowest BCUT2D eigenvalue weighted by Crippen LogP contribution is -2.48. The summed E-state index contributed by atoms with van der Waals surface area (Å²) >= 11 is 0. The number of imidazole rings is 1. The minimum absolute atomic E-state index is 0.00462. The molecule has 0 radical (unpaired) electrons. The van der Waals surface area contributed by atoms with Crippen LogP contribution in [0.25, 0.3) is 11.0 Å². The van der Waals surface area contributed by atoms with Gasteiger partial charge >= 0.3 is 0 Å². The smallest absolute Gasteiger partial charge is 0.219 e. The minimum Gasteiger partial charge on any atom is -0.496 e. The maximum Gasteiger partial charge on any atom is 0.219 e. The molecule has 0 saturated carbocycles. The van der Waals surface area contributed by atoms with E-state index < -0.39 is 5.82 Å². The van der Waals surface area contributed by atoms with E-state index in [1.807, 2.05) is 18.2 Å². The van der Waals surface area contributed by atoms with Gasteiger partial charge in [-0.25, -0.2) is 9.37 Å². The van der Waals surface area contributed by atoms with Crippen LogP contribution in [0.15, 0.2) is 54.6 Å². The molecule has 2 aromatic heterocycles. The van der Waals surface area contributed by atoms with Crippen molar-refractivity contribution in [3.05, 3.63) is 77.4 Å². The molecule has 2 fully saturated rings. The number of aromatic nitrogens is 3. The quantitative estimate of drug-likeness (QED) is 0.293. The third kappa shape index (κ3) is 5.69. The summed E-state index contributed by atoms with van der Waals surface area (Å²) in [7, 11) is 1.60. The van der Waals surface area contributed by atoms with Crippen LogP contribution in [-0.4, -0.2) is 65.4 Å². The van der Waals surface area contributed by atoms with Crippen molar-refractivity contribution in [3.8, 4) is 17.7 Å². The Labute approximate surface area is 238 Å². The zero-order chi connectivity index (χ0) is 28.3. The highest BCUT2D eigenvalue weighted by Crippen LogP contribution is 2.30. The maximum atomic E-state index is 14.3. The van der Waals surface area contributed by atoms with E-state index in [4.69, 9.17) is 29.4 Å². The third-order valence-corrected chi connectivity index (χ3v) is 7.98. The summed E-state index contributed by atoms with van der Waals surface area (Å²) in [5.74, 6) is 2.31. The predicted octanol–water partition coefficient (Wildman–Crippen LogP) is 4.70. The first-order valence-electron chi connectivity index (χ1n) is 14.0. The number of anilines is 1. The summed E-state index contributed by atoms with van der Waals surface area (Å²) in [5.41, 5.74) is 2.79. The number of nitriles is 1. The lowest BCUT2D eigenvalue weighted by Gasteiger charge is -2.38. The molecule has 2 atom stereocenters. The number of hydrogen-bond acceptors (Lipinski definition) is 8. The molecule has 9 nitrogen and oxygen atoms in total. The SMILES string of the molecule is COc1cc(OCc2ccc(C#N)cc2F)nc(N2CCN([C@@H](C)c3nc4ccccc4n3C[C@@H]3CCO3)CC2)c1. The van der Waals surface area contributed by atoms with Gasteiger partial charge in [0, 0.05) is 50.5 Å². The Hall–Kier alpha value is -4.20. The van der Waals surface area contributed by atoms with E-state index in [1.54, 1.807) is 25.3 Å². The van der Waals surface area contributed by atoms with Gasteiger partial charge in [-0.05, 0) is 37.6 Å². The number of methoxy groups -OCH3 is 1. The molecule has 0 N–H and O–H groups in total. The Balaban J connectivity index is 1.14. The molecule has 6 rings (SSSR count). The highest BCUT2D eigenvalue weighted by atomic mass is 19.1. The molecule has 10 heteroatoms. The standard InChI is InChI=1S/C31H33FN6O3/c1-21(31-34-27-5-3-4-6-28(27)38(31)19-24-9-14-40-24)36-10-12-37(13-11-36)29-16-25(39-2)17-30(35-29)41-20-23-8-7-22(18-33)15-26(23)32/h3-8,15-17,21,24H,9-14,19-20H2,1-2H3/t21-,24-/m0/s1. The zero-order valence-electron chi connectivity index (χ0n) is 23.3. The van der Waals surface area contributed by atoms with Gasteiger partial charge in [-0.1, -0.05) is 18.2 Å². The second-order valence-electron chi connectivity index (χ2n) is 10.5. The first kappa shape index (κ1) is 27.0. The molecule has 0 spiro atoms. The molecular weight excluding hydrogens is 523 g/mol. The van der Waals surface area contributed by atoms with Crippen LogP contribution in [0.5, 0.6) is 11.6 Å². The second-order valence-corrected chi connectivity index (χ2v) is 10.5. The lowest BCUT2D eigenvalue weighted by atomic mass is 10.1. The van der Waals surface area contributed by atoms with Crippen LogP contribution in [0, 0.1) is 17.1 Å². The number of para-hydroxylation sites is 2. The first-order chi connectivity index (χ1) is 20.0. The monoisotopic (exact) mass is 556 g/mol. The molecule has 2 aliphatic rings. The molecule has 0 amide bonds. The fourth-order valence-electron chi connectivity index (χ4n) is 5.45. The number of rotatable bonds is 9. The average Bonchev–Trinajstić information content (AvgIpc) is 3.36. The Morgan fingerprint density at radius 2 is 1.90 bits per heavy atom. The predicted molar refractivity (Wildman–Crippen MR) is 153 cm³/mol. The molecule has 41 heavy (non-hydrogen) atoms. The first-order valence-corrected chi connectivity index (χ1v) is 14.0. The topological polar surface area (TPSA) is 88.7 Å². The number of pyridine rings is 1. The molecular formula is C31H33FN6O3. The van der Waals surface area contributed by atoms with Crippen molar-refractivity contribution < 1.29 is 18.6 Å². The summed E-state index contributed by atoms with van der Waals surface area (Å²) in [4.78, 5) is 14.4. The molecule has 0 unspecified atom stereocenters. The van der Waals surface area contributed by atoms with Crippen molar-refractivity contribution in [2.24, 2.45) is 0 Å². The van der Waals surface area contributed by atoms with Gasteiger partial charge < -0.3 is 23.7 Å².